The summed E-state index contributed by atoms with van der Waals surface area (Å²) in [5.74, 6) is -0.369. The summed E-state index contributed by atoms with van der Waals surface area (Å²) in [6, 6.07) is 16.0. The fourth-order valence-electron chi connectivity index (χ4n) is 2.35. The van der Waals surface area contributed by atoms with Crippen LogP contribution in [-0.2, 0) is 0 Å². The van der Waals surface area contributed by atoms with Gasteiger partial charge >= 0.3 is 6.03 Å². The molecule has 3 rings (SSSR count). The molecule has 3 amide bonds. The molecule has 0 radical (unpaired) electrons. The van der Waals surface area contributed by atoms with Gasteiger partial charge in [-0.3, -0.25) is 10.1 Å². The van der Waals surface area contributed by atoms with E-state index in [0.717, 1.165) is 5.56 Å². The summed E-state index contributed by atoms with van der Waals surface area (Å²) in [4.78, 5) is 24.6. The highest BCUT2D eigenvalue weighted by Crippen LogP contribution is 2.26. The van der Waals surface area contributed by atoms with Crippen LogP contribution in [-0.4, -0.2) is 28.2 Å². The van der Waals surface area contributed by atoms with Crippen LogP contribution >= 0.6 is 11.3 Å². The van der Waals surface area contributed by atoms with Crippen LogP contribution in [0.1, 0.15) is 24.2 Å². The van der Waals surface area contributed by atoms with Gasteiger partial charge in [0.1, 0.15) is 5.01 Å². The molecule has 0 aliphatic rings. The minimum Gasteiger partial charge on any atom is -0.336 e. The number of hydrogen-bond acceptors (Lipinski definition) is 5. The number of carbonyl (C=O) groups excluding carboxylic acids is 2. The first-order chi connectivity index (χ1) is 13.0. The van der Waals surface area contributed by atoms with E-state index in [9.17, 15) is 9.59 Å². The second-order valence-corrected chi connectivity index (χ2v) is 7.01. The van der Waals surface area contributed by atoms with Gasteiger partial charge in [0.15, 0.2) is 0 Å². The summed E-state index contributed by atoms with van der Waals surface area (Å²) in [5, 5.41) is 17.4. The first kappa shape index (κ1) is 18.5. The van der Waals surface area contributed by atoms with Gasteiger partial charge in [-0.25, -0.2) is 4.79 Å². The molecule has 27 heavy (non-hydrogen) atoms. The van der Waals surface area contributed by atoms with Gasteiger partial charge in [0.25, 0.3) is 5.91 Å². The molecule has 0 bridgehead atoms. The van der Waals surface area contributed by atoms with Gasteiger partial charge in [0, 0.05) is 11.6 Å². The van der Waals surface area contributed by atoms with E-state index in [1.807, 2.05) is 44.2 Å². The molecule has 1 heterocycles. The number of para-hydroxylation sites is 1. The standard InChI is InChI=1S/C19H19N5O2S/c1-12(2)20-18(26)21-15-11-7-6-10-14(15)16(25)22-19-24-23-17(27-19)13-8-4-3-5-9-13/h3-12H,1-2H3,(H2,20,21,26)(H,22,24,25). The Morgan fingerprint density at radius 1 is 0.926 bits per heavy atom. The molecule has 8 heteroatoms. The zero-order chi connectivity index (χ0) is 19.2. The lowest BCUT2D eigenvalue weighted by Gasteiger charge is -2.13. The van der Waals surface area contributed by atoms with Crippen LogP contribution in [0.4, 0.5) is 15.6 Å². The third kappa shape index (κ3) is 4.89. The Labute approximate surface area is 160 Å². The molecule has 3 aromatic rings. The topological polar surface area (TPSA) is 96.0 Å². The number of nitrogens with zero attached hydrogens (tertiary/aromatic N) is 2. The van der Waals surface area contributed by atoms with Gasteiger partial charge in [0.05, 0.1) is 11.3 Å². The fourth-order valence-corrected chi connectivity index (χ4v) is 3.09. The summed E-state index contributed by atoms with van der Waals surface area (Å²) in [6.45, 7) is 3.72. The molecule has 0 unspecified atom stereocenters. The molecule has 3 N–H and O–H groups in total. The maximum absolute atomic E-state index is 12.6. The number of urea groups is 1. The number of carbonyl (C=O) groups is 2. The number of rotatable bonds is 5. The Balaban J connectivity index is 1.73. The summed E-state index contributed by atoms with van der Waals surface area (Å²) < 4.78 is 0. The molecular weight excluding hydrogens is 362 g/mol. The van der Waals surface area contributed by atoms with Crippen molar-refractivity contribution in [3.05, 3.63) is 60.2 Å². The number of hydrogen-bond donors (Lipinski definition) is 3. The first-order valence-electron chi connectivity index (χ1n) is 8.40. The quantitative estimate of drug-likeness (QED) is 0.623. The maximum Gasteiger partial charge on any atom is 0.319 e. The van der Waals surface area contributed by atoms with Crippen LogP contribution in [0.2, 0.25) is 0 Å². The second kappa shape index (κ2) is 8.41. The average Bonchev–Trinajstić information content (AvgIpc) is 3.10. The van der Waals surface area contributed by atoms with Crippen LogP contribution in [0.5, 0.6) is 0 Å². The Hall–Kier alpha value is -3.26. The van der Waals surface area contributed by atoms with Crippen molar-refractivity contribution in [3.63, 3.8) is 0 Å². The normalized spacial score (nSPS) is 10.5. The molecule has 0 atom stereocenters. The monoisotopic (exact) mass is 381 g/mol. The molecule has 7 nitrogen and oxygen atoms in total. The van der Waals surface area contributed by atoms with E-state index in [0.29, 0.717) is 21.4 Å². The van der Waals surface area contributed by atoms with Crippen molar-refractivity contribution >= 4 is 34.1 Å². The van der Waals surface area contributed by atoms with Gasteiger partial charge in [-0.2, -0.15) is 0 Å². The van der Waals surface area contributed by atoms with Gasteiger partial charge < -0.3 is 10.6 Å². The molecule has 0 saturated carbocycles. The van der Waals surface area contributed by atoms with Crippen LogP contribution in [0.15, 0.2) is 54.6 Å². The minimum atomic E-state index is -0.369. The first-order valence-corrected chi connectivity index (χ1v) is 9.21. The van der Waals surface area contributed by atoms with E-state index in [2.05, 4.69) is 26.1 Å². The summed E-state index contributed by atoms with van der Waals surface area (Å²) in [6.07, 6.45) is 0. The Morgan fingerprint density at radius 3 is 2.37 bits per heavy atom. The highest BCUT2D eigenvalue weighted by molar-refractivity contribution is 7.18. The predicted molar refractivity (Wildman–Crippen MR) is 107 cm³/mol. The van der Waals surface area contributed by atoms with Crippen molar-refractivity contribution < 1.29 is 9.59 Å². The summed E-state index contributed by atoms with van der Waals surface area (Å²) in [7, 11) is 0. The highest BCUT2D eigenvalue weighted by atomic mass is 32.1. The Bertz CT molecular complexity index is 940. The summed E-state index contributed by atoms with van der Waals surface area (Å²) in [5.41, 5.74) is 1.69. The molecular formula is C19H19N5O2S. The molecule has 138 valence electrons. The molecule has 1 aromatic heterocycles. The van der Waals surface area contributed by atoms with Crippen LogP contribution in [0.25, 0.3) is 10.6 Å². The van der Waals surface area contributed by atoms with Crippen LogP contribution < -0.4 is 16.0 Å². The molecule has 0 aliphatic carbocycles. The van der Waals surface area contributed by atoms with Crippen molar-refractivity contribution in [3.8, 4) is 10.6 Å². The van der Waals surface area contributed by atoms with Gasteiger partial charge in [-0.1, -0.05) is 53.8 Å². The van der Waals surface area contributed by atoms with E-state index in [4.69, 9.17) is 0 Å². The third-order valence-corrected chi connectivity index (χ3v) is 4.39. The number of amides is 3. The average molecular weight is 381 g/mol. The van der Waals surface area contributed by atoms with Crippen LogP contribution in [0.3, 0.4) is 0 Å². The van der Waals surface area contributed by atoms with Crippen molar-refractivity contribution in [1.29, 1.82) is 0 Å². The lowest BCUT2D eigenvalue weighted by atomic mass is 10.1. The second-order valence-electron chi connectivity index (χ2n) is 6.03. The smallest absolute Gasteiger partial charge is 0.319 e. The molecule has 0 fully saturated rings. The van der Waals surface area contributed by atoms with Gasteiger partial charge in [-0.15, -0.1) is 10.2 Å². The highest BCUT2D eigenvalue weighted by Gasteiger charge is 2.16. The van der Waals surface area contributed by atoms with Crippen molar-refractivity contribution in [1.82, 2.24) is 15.5 Å². The Morgan fingerprint density at radius 2 is 1.63 bits per heavy atom. The molecule has 0 saturated heterocycles. The lowest BCUT2D eigenvalue weighted by molar-refractivity contribution is 0.102. The minimum absolute atomic E-state index is 0.0104. The van der Waals surface area contributed by atoms with E-state index in [1.165, 1.54) is 11.3 Å². The van der Waals surface area contributed by atoms with Gasteiger partial charge in [-0.05, 0) is 26.0 Å². The van der Waals surface area contributed by atoms with Crippen molar-refractivity contribution in [2.24, 2.45) is 0 Å². The zero-order valence-electron chi connectivity index (χ0n) is 14.9. The van der Waals surface area contributed by atoms with E-state index < -0.39 is 0 Å². The SMILES string of the molecule is CC(C)NC(=O)Nc1ccccc1C(=O)Nc1nnc(-c2ccccc2)s1. The van der Waals surface area contributed by atoms with Crippen LogP contribution in [0, 0.1) is 0 Å². The Kier molecular flexibility index (Phi) is 5.77. The lowest BCUT2D eigenvalue weighted by Crippen LogP contribution is -2.34. The predicted octanol–water partition coefficient (Wildman–Crippen LogP) is 3.99. The summed E-state index contributed by atoms with van der Waals surface area (Å²) >= 11 is 1.28. The van der Waals surface area contributed by atoms with Gasteiger partial charge in [0.2, 0.25) is 5.13 Å². The number of anilines is 2. The molecule has 2 aromatic carbocycles. The van der Waals surface area contributed by atoms with E-state index in [1.54, 1.807) is 24.3 Å². The third-order valence-electron chi connectivity index (χ3n) is 3.51. The number of benzene rings is 2. The largest absolute Gasteiger partial charge is 0.336 e. The van der Waals surface area contributed by atoms with E-state index in [-0.39, 0.29) is 18.0 Å². The number of aromatic nitrogens is 2. The maximum atomic E-state index is 12.6. The van der Waals surface area contributed by atoms with E-state index >= 15 is 0 Å². The van der Waals surface area contributed by atoms with Crippen molar-refractivity contribution in [2.75, 3.05) is 10.6 Å². The molecule has 0 spiro atoms. The zero-order valence-corrected chi connectivity index (χ0v) is 15.7. The molecule has 0 aliphatic heterocycles. The number of nitrogens with one attached hydrogen (secondary N) is 3. The fraction of sp³-hybridized carbons (Fsp3) is 0.158. The van der Waals surface area contributed by atoms with Crippen molar-refractivity contribution in [2.45, 2.75) is 19.9 Å².